The van der Waals surface area contributed by atoms with Crippen molar-refractivity contribution in [3.63, 3.8) is 0 Å². The molecule has 1 radical (unpaired) electrons. The van der Waals surface area contributed by atoms with Crippen molar-refractivity contribution in [3.05, 3.63) is 0 Å². The summed E-state index contributed by atoms with van der Waals surface area (Å²) < 4.78 is 23.5. The van der Waals surface area contributed by atoms with Gasteiger partial charge in [0.15, 0.2) is 0 Å². The van der Waals surface area contributed by atoms with Gasteiger partial charge in [-0.05, 0) is 0 Å². The van der Waals surface area contributed by atoms with Gasteiger partial charge in [0.2, 0.25) is 0 Å². The zero-order valence-electron chi connectivity index (χ0n) is 6.03. The van der Waals surface area contributed by atoms with E-state index < -0.39 is 16.1 Å². The van der Waals surface area contributed by atoms with E-state index in [-0.39, 0.29) is 0 Å². The molecule has 59 valence electrons. The molecule has 0 aliphatic carbocycles. The van der Waals surface area contributed by atoms with E-state index in [4.69, 9.17) is 0 Å². The quantitative estimate of drug-likeness (QED) is 0.512. The zero-order valence-corrected chi connectivity index (χ0v) is 6.84. The highest BCUT2D eigenvalue weighted by Crippen LogP contribution is 1.83. The Balaban J connectivity index is 4.07. The average molecular weight is 165 g/mol. The van der Waals surface area contributed by atoms with Gasteiger partial charge in [-0.25, -0.2) is 13.2 Å². The second-order valence-corrected chi connectivity index (χ2v) is 3.65. The van der Waals surface area contributed by atoms with Gasteiger partial charge >= 0.3 is 6.03 Å². The van der Waals surface area contributed by atoms with E-state index >= 15 is 0 Å². The third-order valence-corrected chi connectivity index (χ3v) is 1.11. The fourth-order valence-electron chi connectivity index (χ4n) is 0.224. The van der Waals surface area contributed by atoms with Crippen molar-refractivity contribution in [2.75, 3.05) is 20.4 Å². The molecule has 0 fully saturated rings. The summed E-state index contributed by atoms with van der Waals surface area (Å²) in [7, 11) is -0.679. The van der Waals surface area contributed by atoms with Crippen LogP contribution < -0.4 is 4.72 Å². The maximum Gasteiger partial charge on any atom is 0.353 e. The fourth-order valence-corrected chi connectivity index (χ4v) is 0.671. The Hall–Kier alpha value is -0.780. The third-order valence-electron chi connectivity index (χ3n) is 0.626. The van der Waals surface area contributed by atoms with Gasteiger partial charge in [0.25, 0.3) is 10.0 Å². The van der Waals surface area contributed by atoms with Crippen LogP contribution in [-0.4, -0.2) is 39.7 Å². The van der Waals surface area contributed by atoms with E-state index in [9.17, 15) is 13.2 Å². The van der Waals surface area contributed by atoms with E-state index in [0.29, 0.717) is 0 Å². The second kappa shape index (κ2) is 2.87. The molecule has 10 heavy (non-hydrogen) atoms. The number of nitrogens with zero attached hydrogens (tertiary/aromatic N) is 2. The summed E-state index contributed by atoms with van der Waals surface area (Å²) in [6.45, 7) is 0. The molecule has 0 unspecified atom stereocenters. The molecule has 0 bridgehead atoms. The van der Waals surface area contributed by atoms with Gasteiger partial charge < -0.3 is 4.90 Å². The van der Waals surface area contributed by atoms with Crippen LogP contribution in [0, 0.1) is 0 Å². The molecule has 0 aliphatic heterocycles. The first-order chi connectivity index (χ1) is 4.33. The minimum Gasteiger partial charge on any atom is -0.328 e. The molecule has 0 saturated carbocycles. The Morgan fingerprint density at radius 2 is 1.80 bits per heavy atom. The largest absolute Gasteiger partial charge is 0.353 e. The summed E-state index contributed by atoms with van der Waals surface area (Å²) in [5.74, 6) is 0. The van der Waals surface area contributed by atoms with Crippen molar-refractivity contribution < 1.29 is 13.2 Å². The highest BCUT2D eigenvalue weighted by molar-refractivity contribution is 7.89. The molecule has 2 amide bonds. The predicted molar refractivity (Wildman–Crippen MR) is 36.1 cm³/mol. The number of hydrogen-bond donors (Lipinski definition) is 0. The first-order valence-corrected chi connectivity index (χ1v) is 4.32. The molecular weight excluding hydrogens is 156 g/mol. The number of hydrogen-bond acceptors (Lipinski definition) is 3. The topological polar surface area (TPSA) is 68.6 Å². The number of carbonyl (C=O) groups is 1. The zero-order chi connectivity index (χ0) is 8.36. The molecule has 0 N–H and O–H groups in total. The van der Waals surface area contributed by atoms with Crippen LogP contribution in [0.5, 0.6) is 0 Å². The van der Waals surface area contributed by atoms with E-state index in [1.807, 2.05) is 0 Å². The summed E-state index contributed by atoms with van der Waals surface area (Å²) >= 11 is 0. The number of sulfonamides is 1. The number of urea groups is 1. The Labute approximate surface area is 60.1 Å². The minimum absolute atomic E-state index is 0.762. The first-order valence-electron chi connectivity index (χ1n) is 2.47. The highest BCUT2D eigenvalue weighted by Gasteiger charge is 2.11. The third kappa shape index (κ3) is 4.13. The van der Waals surface area contributed by atoms with Crippen LogP contribution in [0.15, 0.2) is 0 Å². The Morgan fingerprint density at radius 1 is 1.40 bits per heavy atom. The van der Waals surface area contributed by atoms with Gasteiger partial charge in [-0.3, -0.25) is 0 Å². The molecule has 0 atom stereocenters. The molecular formula is C4H9N2O3S. The number of rotatable bonds is 1. The summed E-state index contributed by atoms with van der Waals surface area (Å²) in [5, 5.41) is 0. The van der Waals surface area contributed by atoms with Crippen molar-refractivity contribution in [2.45, 2.75) is 0 Å². The van der Waals surface area contributed by atoms with Crippen molar-refractivity contribution in [3.8, 4) is 0 Å². The lowest BCUT2D eigenvalue weighted by Crippen LogP contribution is -2.32. The van der Waals surface area contributed by atoms with Gasteiger partial charge in [0, 0.05) is 14.1 Å². The molecule has 5 nitrogen and oxygen atoms in total. The van der Waals surface area contributed by atoms with E-state index in [2.05, 4.69) is 4.72 Å². The lowest BCUT2D eigenvalue weighted by atomic mass is 10.9. The van der Waals surface area contributed by atoms with Crippen molar-refractivity contribution in [1.29, 1.82) is 0 Å². The van der Waals surface area contributed by atoms with Crippen molar-refractivity contribution in [2.24, 2.45) is 0 Å². The molecule has 0 aliphatic rings. The van der Waals surface area contributed by atoms with E-state index in [1.54, 1.807) is 0 Å². The van der Waals surface area contributed by atoms with E-state index in [1.165, 1.54) is 14.1 Å². The van der Waals surface area contributed by atoms with Gasteiger partial charge in [0.1, 0.15) is 0 Å². The van der Waals surface area contributed by atoms with Crippen LogP contribution in [0.1, 0.15) is 0 Å². The minimum atomic E-state index is -3.53. The van der Waals surface area contributed by atoms with Crippen LogP contribution in [0.25, 0.3) is 0 Å². The Kier molecular flexibility index (Phi) is 2.65. The fraction of sp³-hybridized carbons (Fsp3) is 0.750. The summed E-state index contributed by atoms with van der Waals surface area (Å²) in [6.07, 6.45) is 0.869. The molecule has 0 aromatic carbocycles. The van der Waals surface area contributed by atoms with Gasteiger partial charge in [-0.15, -0.1) is 4.72 Å². The lowest BCUT2D eigenvalue weighted by molar-refractivity contribution is 0.222. The lowest BCUT2D eigenvalue weighted by Gasteiger charge is -2.06. The normalized spacial score (nSPS) is 10.7. The number of amides is 2. The van der Waals surface area contributed by atoms with Crippen LogP contribution in [0.4, 0.5) is 4.79 Å². The predicted octanol–water partition coefficient (Wildman–Crippen LogP) is -0.768. The SMILES string of the molecule is CN(C)C(=O)[N]S(C)(=O)=O. The van der Waals surface area contributed by atoms with Gasteiger partial charge in [0.05, 0.1) is 6.26 Å². The second-order valence-electron chi connectivity index (χ2n) is 2.00. The molecule has 0 spiro atoms. The van der Waals surface area contributed by atoms with Gasteiger partial charge in [-0.2, -0.15) is 0 Å². The Morgan fingerprint density at radius 3 is 1.90 bits per heavy atom. The molecule has 0 heterocycles. The van der Waals surface area contributed by atoms with Crippen LogP contribution >= 0.6 is 0 Å². The van der Waals surface area contributed by atoms with Crippen LogP contribution in [0.2, 0.25) is 0 Å². The van der Waals surface area contributed by atoms with Crippen LogP contribution in [0.3, 0.4) is 0 Å². The molecule has 6 heteroatoms. The maximum absolute atomic E-state index is 10.5. The standard InChI is InChI=1S/C4H9N2O3S/c1-6(2)4(7)5-10(3,8)9/h1-3H3. The molecule has 0 rings (SSSR count). The first kappa shape index (κ1) is 9.22. The average Bonchev–Trinajstić information content (AvgIpc) is 1.60. The summed E-state index contributed by atoms with van der Waals surface area (Å²) in [6, 6.07) is -0.762. The maximum atomic E-state index is 10.5. The molecule has 0 aromatic rings. The molecule has 0 aromatic heterocycles. The van der Waals surface area contributed by atoms with Crippen molar-refractivity contribution >= 4 is 16.1 Å². The molecule has 0 saturated heterocycles. The summed E-state index contributed by atoms with van der Waals surface area (Å²) in [5.41, 5.74) is 0. The number of carbonyl (C=O) groups excluding carboxylic acids is 1. The Bertz CT molecular complexity index is 219. The smallest absolute Gasteiger partial charge is 0.328 e. The highest BCUT2D eigenvalue weighted by atomic mass is 32.2. The van der Waals surface area contributed by atoms with Gasteiger partial charge in [-0.1, -0.05) is 0 Å². The summed E-state index contributed by atoms with van der Waals surface area (Å²) in [4.78, 5) is 11.6. The monoisotopic (exact) mass is 165 g/mol. The van der Waals surface area contributed by atoms with E-state index in [0.717, 1.165) is 11.2 Å². The van der Waals surface area contributed by atoms with Crippen LogP contribution in [-0.2, 0) is 10.0 Å². The van der Waals surface area contributed by atoms with Crippen molar-refractivity contribution in [1.82, 2.24) is 9.62 Å².